The van der Waals surface area contributed by atoms with Gasteiger partial charge in [-0.05, 0) is 53.5 Å². The van der Waals surface area contributed by atoms with Crippen LogP contribution in [0.4, 0.5) is 0 Å². The number of nitrogens with zero attached hydrogens (tertiary/aromatic N) is 1. The van der Waals surface area contributed by atoms with Gasteiger partial charge in [0, 0.05) is 0 Å². The minimum atomic E-state index is -0.103. The van der Waals surface area contributed by atoms with Gasteiger partial charge in [0.2, 0.25) is 0 Å². The summed E-state index contributed by atoms with van der Waals surface area (Å²) < 4.78 is 23.3. The molecule has 1 aliphatic heterocycles. The van der Waals surface area contributed by atoms with E-state index in [0.717, 1.165) is 23.1 Å². The molecule has 1 aliphatic rings. The van der Waals surface area contributed by atoms with Gasteiger partial charge < -0.3 is 18.9 Å². The molecule has 0 bridgehead atoms. The van der Waals surface area contributed by atoms with Crippen LogP contribution in [0.25, 0.3) is 6.08 Å². The highest BCUT2D eigenvalue weighted by Crippen LogP contribution is 2.35. The summed E-state index contributed by atoms with van der Waals surface area (Å²) in [6.45, 7) is 4.85. The van der Waals surface area contributed by atoms with Crippen LogP contribution in [0.3, 0.4) is 0 Å². The zero-order valence-corrected chi connectivity index (χ0v) is 23.0. The first kappa shape index (κ1) is 27.3. The molecule has 1 amide bonds. The number of carbonyl (C=O) groups excluding carboxylic acids is 1. The van der Waals surface area contributed by atoms with Crippen LogP contribution in [0.1, 0.15) is 16.7 Å². The van der Waals surface area contributed by atoms with E-state index in [1.807, 2.05) is 78.9 Å². The number of ether oxygens (including phenoxy) is 4. The molecule has 0 atom stereocenters. The summed E-state index contributed by atoms with van der Waals surface area (Å²) in [4.78, 5) is 15.2. The Morgan fingerprint density at radius 3 is 2.18 bits per heavy atom. The molecule has 3 aromatic carbocycles. The molecule has 1 saturated heterocycles. The third-order valence-corrected chi connectivity index (χ3v) is 7.13. The van der Waals surface area contributed by atoms with Gasteiger partial charge >= 0.3 is 0 Å². The van der Waals surface area contributed by atoms with Crippen LogP contribution in [-0.2, 0) is 17.8 Å². The summed E-state index contributed by atoms with van der Waals surface area (Å²) in [5.41, 5.74) is 2.94. The average molecular weight is 548 g/mol. The van der Waals surface area contributed by atoms with Crippen LogP contribution in [0.2, 0.25) is 0 Å². The van der Waals surface area contributed by atoms with Crippen LogP contribution in [0.5, 0.6) is 23.0 Å². The van der Waals surface area contributed by atoms with E-state index in [-0.39, 0.29) is 5.91 Å². The first-order chi connectivity index (χ1) is 18.5. The molecule has 0 saturated carbocycles. The number of carbonyl (C=O) groups is 1. The Kier molecular flexibility index (Phi) is 9.46. The standard InChI is InChI=1S/C30H29NO5S2/c1-4-8-21-11-13-24(26(17-21)33-2)35-15-16-36-25-14-12-23(18-27(25)34-3)19-28-29(32)31(30(37)38-28)20-22-9-6-5-7-10-22/h4-7,9-14,17-19H,1,8,15-16,20H2,2-3H3. The van der Waals surface area contributed by atoms with Crippen LogP contribution in [0, 0.1) is 0 Å². The molecule has 4 rings (SSSR count). The van der Waals surface area contributed by atoms with Crippen molar-refractivity contribution in [3.8, 4) is 23.0 Å². The first-order valence-corrected chi connectivity index (χ1v) is 13.3. The first-order valence-electron chi connectivity index (χ1n) is 12.0. The largest absolute Gasteiger partial charge is 0.493 e. The Morgan fingerprint density at radius 2 is 1.53 bits per heavy atom. The number of thioether (sulfide) groups is 1. The second-order valence-electron chi connectivity index (χ2n) is 8.34. The summed E-state index contributed by atoms with van der Waals surface area (Å²) in [6.07, 6.45) is 4.43. The summed E-state index contributed by atoms with van der Waals surface area (Å²) in [7, 11) is 3.20. The Morgan fingerprint density at radius 1 is 0.868 bits per heavy atom. The zero-order chi connectivity index (χ0) is 26.9. The maximum atomic E-state index is 13.0. The van der Waals surface area contributed by atoms with Crippen molar-refractivity contribution in [3.05, 3.63) is 101 Å². The topological polar surface area (TPSA) is 57.2 Å². The van der Waals surface area contributed by atoms with Gasteiger partial charge in [-0.1, -0.05) is 72.5 Å². The molecule has 3 aromatic rings. The molecule has 0 radical (unpaired) electrons. The molecular weight excluding hydrogens is 518 g/mol. The number of hydrogen-bond acceptors (Lipinski definition) is 7. The highest BCUT2D eigenvalue weighted by molar-refractivity contribution is 8.26. The highest BCUT2D eigenvalue weighted by atomic mass is 32.2. The maximum Gasteiger partial charge on any atom is 0.266 e. The highest BCUT2D eigenvalue weighted by Gasteiger charge is 2.32. The van der Waals surface area contributed by atoms with Gasteiger partial charge in [-0.25, -0.2) is 0 Å². The fraction of sp³-hybridized carbons (Fsp3) is 0.200. The number of allylic oxidation sites excluding steroid dienone is 1. The lowest BCUT2D eigenvalue weighted by Gasteiger charge is -2.14. The summed E-state index contributed by atoms with van der Waals surface area (Å²) in [5.74, 6) is 2.35. The maximum absolute atomic E-state index is 13.0. The lowest BCUT2D eigenvalue weighted by Crippen LogP contribution is -2.27. The minimum absolute atomic E-state index is 0.103. The van der Waals surface area contributed by atoms with Gasteiger partial charge in [-0.3, -0.25) is 9.69 Å². The number of rotatable bonds is 12. The molecule has 6 nitrogen and oxygen atoms in total. The van der Waals surface area contributed by atoms with E-state index in [0.29, 0.717) is 52.0 Å². The Bertz CT molecular complexity index is 1340. The summed E-state index contributed by atoms with van der Waals surface area (Å²) >= 11 is 6.77. The van der Waals surface area contributed by atoms with Crippen molar-refractivity contribution in [2.24, 2.45) is 0 Å². The van der Waals surface area contributed by atoms with Crippen molar-refractivity contribution in [2.75, 3.05) is 27.4 Å². The molecule has 38 heavy (non-hydrogen) atoms. The predicted molar refractivity (Wildman–Crippen MR) is 156 cm³/mol. The molecule has 196 valence electrons. The molecule has 0 spiro atoms. The van der Waals surface area contributed by atoms with E-state index >= 15 is 0 Å². The van der Waals surface area contributed by atoms with E-state index in [9.17, 15) is 4.79 Å². The predicted octanol–water partition coefficient (Wildman–Crippen LogP) is 6.29. The van der Waals surface area contributed by atoms with Crippen molar-refractivity contribution in [1.82, 2.24) is 4.90 Å². The Hall–Kier alpha value is -3.75. The molecule has 0 N–H and O–H groups in total. The lowest BCUT2D eigenvalue weighted by atomic mass is 10.1. The van der Waals surface area contributed by atoms with Gasteiger partial charge in [0.05, 0.1) is 25.7 Å². The number of amides is 1. The molecule has 0 aliphatic carbocycles. The fourth-order valence-electron chi connectivity index (χ4n) is 3.87. The molecule has 1 fully saturated rings. The summed E-state index contributed by atoms with van der Waals surface area (Å²) in [6, 6.07) is 21.1. The Balaban J connectivity index is 1.37. The minimum Gasteiger partial charge on any atom is -0.493 e. The van der Waals surface area contributed by atoms with E-state index in [1.54, 1.807) is 19.1 Å². The van der Waals surface area contributed by atoms with Crippen molar-refractivity contribution in [1.29, 1.82) is 0 Å². The van der Waals surface area contributed by atoms with Gasteiger partial charge in [0.25, 0.3) is 5.91 Å². The molecule has 0 aromatic heterocycles. The third-order valence-electron chi connectivity index (χ3n) is 5.75. The fourth-order valence-corrected chi connectivity index (χ4v) is 5.13. The van der Waals surface area contributed by atoms with E-state index < -0.39 is 0 Å². The molecule has 1 heterocycles. The van der Waals surface area contributed by atoms with Crippen LogP contribution >= 0.6 is 24.0 Å². The SMILES string of the molecule is C=CCc1ccc(OCCOc2ccc(C=C3SC(=S)N(Cc4ccccc4)C3=O)cc2OC)c(OC)c1. The molecule has 0 unspecified atom stereocenters. The Labute approximate surface area is 232 Å². The third kappa shape index (κ3) is 6.76. The number of hydrogen-bond donors (Lipinski definition) is 0. The van der Waals surface area contributed by atoms with Crippen LogP contribution in [-0.4, -0.2) is 42.6 Å². The van der Waals surface area contributed by atoms with E-state index in [4.69, 9.17) is 31.2 Å². The van der Waals surface area contributed by atoms with Crippen molar-refractivity contribution in [2.45, 2.75) is 13.0 Å². The van der Waals surface area contributed by atoms with Gasteiger partial charge in [0.1, 0.15) is 17.5 Å². The zero-order valence-electron chi connectivity index (χ0n) is 21.3. The molecule has 8 heteroatoms. The number of methoxy groups -OCH3 is 2. The van der Waals surface area contributed by atoms with Crippen molar-refractivity contribution >= 4 is 40.3 Å². The van der Waals surface area contributed by atoms with E-state index in [1.165, 1.54) is 11.8 Å². The van der Waals surface area contributed by atoms with Gasteiger partial charge in [-0.15, -0.1) is 6.58 Å². The van der Waals surface area contributed by atoms with Crippen molar-refractivity contribution < 1.29 is 23.7 Å². The average Bonchev–Trinajstić information content (AvgIpc) is 3.20. The molecular formula is C30H29NO5S2. The second kappa shape index (κ2) is 13.2. The van der Waals surface area contributed by atoms with Crippen molar-refractivity contribution in [3.63, 3.8) is 0 Å². The van der Waals surface area contributed by atoms with E-state index in [2.05, 4.69) is 6.58 Å². The quantitative estimate of drug-likeness (QED) is 0.114. The smallest absolute Gasteiger partial charge is 0.266 e. The second-order valence-corrected chi connectivity index (χ2v) is 10.0. The normalized spacial score (nSPS) is 14.1. The number of thiocarbonyl (C=S) groups is 1. The number of benzene rings is 3. The van der Waals surface area contributed by atoms with Crippen LogP contribution < -0.4 is 18.9 Å². The summed E-state index contributed by atoms with van der Waals surface area (Å²) in [5, 5.41) is 0. The van der Waals surface area contributed by atoms with Crippen LogP contribution in [0.15, 0.2) is 84.3 Å². The van der Waals surface area contributed by atoms with Gasteiger partial charge in [0.15, 0.2) is 23.0 Å². The van der Waals surface area contributed by atoms with Gasteiger partial charge in [-0.2, -0.15) is 0 Å². The lowest BCUT2D eigenvalue weighted by molar-refractivity contribution is -0.122. The monoisotopic (exact) mass is 547 g/mol.